The van der Waals surface area contributed by atoms with Gasteiger partial charge < -0.3 is 4.74 Å². The van der Waals surface area contributed by atoms with Gasteiger partial charge in [0, 0.05) is 27.5 Å². The van der Waals surface area contributed by atoms with Crippen LogP contribution in [0.2, 0.25) is 0 Å². The summed E-state index contributed by atoms with van der Waals surface area (Å²) in [6.07, 6.45) is 0. The van der Waals surface area contributed by atoms with Crippen LogP contribution in [0.5, 0.6) is 11.5 Å². The second-order valence-electron chi connectivity index (χ2n) is 4.19. The highest BCUT2D eigenvalue weighted by molar-refractivity contribution is 9.10. The number of hydrogen-bond donors (Lipinski definition) is 0. The molecule has 6 heteroatoms. The van der Waals surface area contributed by atoms with Gasteiger partial charge in [0.2, 0.25) is 0 Å². The summed E-state index contributed by atoms with van der Waals surface area (Å²) in [5.74, 6) is 1.32. The summed E-state index contributed by atoms with van der Waals surface area (Å²) in [7, 11) is 0. The Morgan fingerprint density at radius 3 is 2.60 bits per heavy atom. The van der Waals surface area contributed by atoms with E-state index in [1.54, 1.807) is 6.07 Å². The Bertz CT molecular complexity index is 659. The van der Waals surface area contributed by atoms with E-state index >= 15 is 0 Å². The van der Waals surface area contributed by atoms with Crippen LogP contribution in [0.1, 0.15) is 11.1 Å². The molecule has 0 spiro atoms. The second kappa shape index (κ2) is 6.37. The number of nitrogens with zero attached hydrogens (tertiary/aromatic N) is 1. The third kappa shape index (κ3) is 3.37. The standard InChI is InChI=1S/C14H11Br2NO3/c1-9-2-3-11(16)7-14(9)20-13-5-4-12(17(18)19)6-10(13)8-15/h2-7H,8H2,1H3. The van der Waals surface area contributed by atoms with E-state index in [0.717, 1.165) is 21.3 Å². The van der Waals surface area contributed by atoms with Gasteiger partial charge in [-0.25, -0.2) is 0 Å². The van der Waals surface area contributed by atoms with Crippen LogP contribution in [0, 0.1) is 17.0 Å². The highest BCUT2D eigenvalue weighted by atomic mass is 79.9. The van der Waals surface area contributed by atoms with Gasteiger partial charge in [0.05, 0.1) is 4.92 Å². The van der Waals surface area contributed by atoms with Crippen LogP contribution in [0.25, 0.3) is 0 Å². The molecule has 0 saturated heterocycles. The van der Waals surface area contributed by atoms with E-state index in [2.05, 4.69) is 31.9 Å². The number of hydrogen-bond acceptors (Lipinski definition) is 3. The lowest BCUT2D eigenvalue weighted by Crippen LogP contribution is -1.94. The number of halogens is 2. The maximum atomic E-state index is 10.8. The molecule has 0 atom stereocenters. The van der Waals surface area contributed by atoms with E-state index in [9.17, 15) is 10.1 Å². The van der Waals surface area contributed by atoms with Crippen molar-refractivity contribution in [1.29, 1.82) is 0 Å². The predicted molar refractivity (Wildman–Crippen MR) is 84.7 cm³/mol. The Morgan fingerprint density at radius 2 is 1.95 bits per heavy atom. The number of rotatable bonds is 4. The van der Waals surface area contributed by atoms with Crippen LogP contribution < -0.4 is 4.74 Å². The minimum Gasteiger partial charge on any atom is -0.457 e. The molecule has 2 aromatic carbocycles. The predicted octanol–water partition coefficient (Wildman–Crippen LogP) is 5.35. The highest BCUT2D eigenvalue weighted by Crippen LogP contribution is 2.33. The maximum absolute atomic E-state index is 10.8. The molecular weight excluding hydrogens is 390 g/mol. The normalized spacial score (nSPS) is 10.3. The van der Waals surface area contributed by atoms with Crippen LogP contribution >= 0.6 is 31.9 Å². The van der Waals surface area contributed by atoms with Crippen LogP contribution in [-0.2, 0) is 5.33 Å². The van der Waals surface area contributed by atoms with Crippen LogP contribution in [0.3, 0.4) is 0 Å². The number of non-ortho nitro benzene ring substituents is 1. The van der Waals surface area contributed by atoms with Crippen molar-refractivity contribution in [2.24, 2.45) is 0 Å². The molecule has 4 nitrogen and oxygen atoms in total. The third-order valence-corrected chi connectivity index (χ3v) is 3.87. The monoisotopic (exact) mass is 399 g/mol. The van der Waals surface area contributed by atoms with E-state index in [-0.39, 0.29) is 5.69 Å². The van der Waals surface area contributed by atoms with Gasteiger partial charge in [0.15, 0.2) is 0 Å². The van der Waals surface area contributed by atoms with Gasteiger partial charge in [-0.1, -0.05) is 37.9 Å². The van der Waals surface area contributed by atoms with Gasteiger partial charge in [-0.05, 0) is 30.7 Å². The summed E-state index contributed by atoms with van der Waals surface area (Å²) in [6, 6.07) is 10.3. The van der Waals surface area contributed by atoms with Gasteiger partial charge in [0.1, 0.15) is 11.5 Å². The van der Waals surface area contributed by atoms with Crippen molar-refractivity contribution in [2.75, 3.05) is 0 Å². The van der Waals surface area contributed by atoms with Crippen LogP contribution in [0.4, 0.5) is 5.69 Å². The Balaban J connectivity index is 2.38. The number of benzene rings is 2. The Hall–Kier alpha value is -1.40. The minimum absolute atomic E-state index is 0.0535. The summed E-state index contributed by atoms with van der Waals surface area (Å²) < 4.78 is 6.78. The summed E-state index contributed by atoms with van der Waals surface area (Å²) >= 11 is 6.72. The number of aryl methyl sites for hydroxylation is 1. The molecule has 0 N–H and O–H groups in total. The second-order valence-corrected chi connectivity index (χ2v) is 5.67. The van der Waals surface area contributed by atoms with E-state index in [1.165, 1.54) is 12.1 Å². The Morgan fingerprint density at radius 1 is 1.20 bits per heavy atom. The van der Waals surface area contributed by atoms with Crippen molar-refractivity contribution in [2.45, 2.75) is 12.3 Å². The van der Waals surface area contributed by atoms with E-state index in [0.29, 0.717) is 11.1 Å². The lowest BCUT2D eigenvalue weighted by molar-refractivity contribution is -0.384. The zero-order chi connectivity index (χ0) is 14.7. The van der Waals surface area contributed by atoms with Gasteiger partial charge in [0.25, 0.3) is 5.69 Å². The van der Waals surface area contributed by atoms with Gasteiger partial charge >= 0.3 is 0 Å². The van der Waals surface area contributed by atoms with E-state index in [4.69, 9.17) is 4.74 Å². The molecular formula is C14H11Br2NO3. The summed E-state index contributed by atoms with van der Waals surface area (Å²) in [6.45, 7) is 1.95. The van der Waals surface area contributed by atoms with Crippen LogP contribution in [-0.4, -0.2) is 4.92 Å². The number of nitro benzene ring substituents is 1. The van der Waals surface area contributed by atoms with Gasteiger partial charge in [-0.2, -0.15) is 0 Å². The largest absolute Gasteiger partial charge is 0.457 e. The molecule has 0 saturated carbocycles. The molecule has 0 heterocycles. The molecule has 20 heavy (non-hydrogen) atoms. The topological polar surface area (TPSA) is 52.4 Å². The highest BCUT2D eigenvalue weighted by Gasteiger charge is 2.12. The molecule has 0 bridgehead atoms. The molecule has 0 aromatic heterocycles. The molecule has 0 aliphatic rings. The maximum Gasteiger partial charge on any atom is 0.270 e. The fourth-order valence-electron chi connectivity index (χ4n) is 1.69. The first-order chi connectivity index (χ1) is 9.51. The molecule has 0 fully saturated rings. The molecule has 0 aliphatic carbocycles. The van der Waals surface area contributed by atoms with E-state index in [1.807, 2.05) is 25.1 Å². The van der Waals surface area contributed by atoms with Crippen molar-refractivity contribution >= 4 is 37.5 Å². The number of alkyl halides is 1. The molecule has 2 aromatic rings. The Labute approximate surface area is 133 Å². The zero-order valence-electron chi connectivity index (χ0n) is 10.6. The fraction of sp³-hybridized carbons (Fsp3) is 0.143. The van der Waals surface area contributed by atoms with Crippen molar-refractivity contribution in [3.63, 3.8) is 0 Å². The average molecular weight is 401 g/mol. The Kier molecular flexibility index (Phi) is 4.77. The number of ether oxygens (including phenoxy) is 1. The van der Waals surface area contributed by atoms with Gasteiger partial charge in [-0.15, -0.1) is 0 Å². The van der Waals surface area contributed by atoms with Crippen LogP contribution in [0.15, 0.2) is 40.9 Å². The zero-order valence-corrected chi connectivity index (χ0v) is 13.8. The lowest BCUT2D eigenvalue weighted by Gasteiger charge is -2.12. The first kappa shape index (κ1) is 15.0. The van der Waals surface area contributed by atoms with Crippen molar-refractivity contribution in [3.8, 4) is 11.5 Å². The molecule has 0 amide bonds. The third-order valence-electron chi connectivity index (χ3n) is 2.77. The fourth-order valence-corrected chi connectivity index (χ4v) is 2.46. The van der Waals surface area contributed by atoms with Gasteiger partial charge in [-0.3, -0.25) is 10.1 Å². The molecule has 104 valence electrons. The molecule has 2 rings (SSSR count). The van der Waals surface area contributed by atoms with Crippen molar-refractivity contribution < 1.29 is 9.66 Å². The summed E-state index contributed by atoms with van der Waals surface area (Å²) in [5.41, 5.74) is 1.78. The smallest absolute Gasteiger partial charge is 0.270 e. The average Bonchev–Trinajstić information content (AvgIpc) is 2.43. The summed E-state index contributed by atoms with van der Waals surface area (Å²) in [4.78, 5) is 10.4. The molecule has 0 aliphatic heterocycles. The van der Waals surface area contributed by atoms with Crippen molar-refractivity contribution in [1.82, 2.24) is 0 Å². The first-order valence-corrected chi connectivity index (χ1v) is 7.70. The van der Waals surface area contributed by atoms with Crippen molar-refractivity contribution in [3.05, 3.63) is 62.1 Å². The van der Waals surface area contributed by atoms with E-state index < -0.39 is 4.92 Å². The minimum atomic E-state index is -0.416. The first-order valence-electron chi connectivity index (χ1n) is 5.78. The summed E-state index contributed by atoms with van der Waals surface area (Å²) in [5, 5.41) is 11.3. The molecule has 0 unspecified atom stereocenters. The SMILES string of the molecule is Cc1ccc(Br)cc1Oc1ccc([N+](=O)[O-])cc1CBr. The molecule has 0 radical (unpaired) electrons. The quantitative estimate of drug-likeness (QED) is 0.394. The lowest BCUT2D eigenvalue weighted by atomic mass is 10.2. The number of nitro groups is 1.